The van der Waals surface area contributed by atoms with Crippen LogP contribution in [0.5, 0.6) is 0 Å². The summed E-state index contributed by atoms with van der Waals surface area (Å²) in [5.74, 6) is -0.293. The number of ether oxygens (including phenoxy) is 1. The molecule has 0 saturated carbocycles. The van der Waals surface area contributed by atoms with E-state index in [2.05, 4.69) is 0 Å². The quantitative estimate of drug-likeness (QED) is 0.860. The first-order valence-corrected chi connectivity index (χ1v) is 6.82. The van der Waals surface area contributed by atoms with Crippen LogP contribution in [-0.2, 0) is 11.2 Å². The van der Waals surface area contributed by atoms with Crippen molar-refractivity contribution >= 4 is 11.8 Å². The maximum Gasteiger partial charge on any atom is 0.415 e. The van der Waals surface area contributed by atoms with E-state index in [9.17, 15) is 9.18 Å². The molecule has 0 spiro atoms. The van der Waals surface area contributed by atoms with Gasteiger partial charge in [-0.15, -0.1) is 0 Å². The van der Waals surface area contributed by atoms with Gasteiger partial charge in [0.2, 0.25) is 0 Å². The van der Waals surface area contributed by atoms with Gasteiger partial charge in [-0.3, -0.25) is 4.90 Å². The van der Waals surface area contributed by atoms with Gasteiger partial charge in [-0.05, 0) is 57.4 Å². The minimum atomic E-state index is -0.576. The van der Waals surface area contributed by atoms with E-state index in [0.717, 1.165) is 5.56 Å². The van der Waals surface area contributed by atoms with Crippen LogP contribution < -0.4 is 10.6 Å². The summed E-state index contributed by atoms with van der Waals surface area (Å²) in [6, 6.07) is 4.34. The molecule has 5 heteroatoms. The van der Waals surface area contributed by atoms with Crippen molar-refractivity contribution in [3.63, 3.8) is 0 Å². The van der Waals surface area contributed by atoms with Gasteiger partial charge in [0.05, 0.1) is 11.7 Å². The number of nitrogens with two attached hydrogens (primary N) is 1. The fourth-order valence-electron chi connectivity index (χ4n) is 2.42. The number of fused-ring (bicyclic) bond motifs is 1. The maximum atomic E-state index is 13.3. The Morgan fingerprint density at radius 3 is 2.80 bits per heavy atom. The smallest absolute Gasteiger partial charge is 0.415 e. The van der Waals surface area contributed by atoms with Crippen molar-refractivity contribution in [2.75, 3.05) is 11.4 Å². The Morgan fingerprint density at radius 2 is 2.20 bits per heavy atom. The van der Waals surface area contributed by atoms with Crippen LogP contribution in [0.25, 0.3) is 0 Å². The number of hydrogen-bond acceptors (Lipinski definition) is 3. The van der Waals surface area contributed by atoms with Gasteiger partial charge in [-0.2, -0.15) is 0 Å². The molecule has 2 rings (SSSR count). The van der Waals surface area contributed by atoms with E-state index in [1.807, 2.05) is 20.8 Å². The van der Waals surface area contributed by atoms with Crippen LogP contribution in [0, 0.1) is 5.82 Å². The summed E-state index contributed by atoms with van der Waals surface area (Å²) in [5, 5.41) is 0. The number of hydrogen-bond donors (Lipinski definition) is 1. The monoisotopic (exact) mass is 280 g/mol. The third-order valence-corrected chi connectivity index (χ3v) is 3.28. The summed E-state index contributed by atoms with van der Waals surface area (Å²) in [7, 11) is 0. The van der Waals surface area contributed by atoms with Crippen molar-refractivity contribution in [3.8, 4) is 0 Å². The molecule has 0 saturated heterocycles. The number of carbonyl (C=O) groups excluding carboxylic acids is 1. The summed E-state index contributed by atoms with van der Waals surface area (Å²) in [6.07, 6.45) is 1.00. The first kappa shape index (κ1) is 14.8. The highest BCUT2D eigenvalue weighted by atomic mass is 19.1. The van der Waals surface area contributed by atoms with Gasteiger partial charge in [-0.1, -0.05) is 0 Å². The second kappa shape index (κ2) is 5.40. The van der Waals surface area contributed by atoms with Crippen LogP contribution in [0.1, 0.15) is 32.8 Å². The molecule has 0 aromatic heterocycles. The molecule has 1 aliphatic rings. The molecule has 1 aromatic rings. The number of rotatable bonds is 1. The average Bonchev–Trinajstić information content (AvgIpc) is 2.34. The van der Waals surface area contributed by atoms with E-state index in [1.54, 1.807) is 11.0 Å². The summed E-state index contributed by atoms with van der Waals surface area (Å²) in [4.78, 5) is 13.9. The summed E-state index contributed by atoms with van der Waals surface area (Å²) in [6.45, 7) is 5.81. The molecule has 1 heterocycles. The third-order valence-electron chi connectivity index (χ3n) is 3.28. The van der Waals surface area contributed by atoms with Crippen molar-refractivity contribution in [3.05, 3.63) is 29.6 Å². The normalized spacial score (nSPS) is 18.6. The fraction of sp³-hybridized carbons (Fsp3) is 0.533. The highest BCUT2D eigenvalue weighted by molar-refractivity contribution is 5.90. The Hall–Kier alpha value is -1.62. The Morgan fingerprint density at radius 1 is 1.50 bits per heavy atom. The predicted molar refractivity (Wildman–Crippen MR) is 76.3 cm³/mol. The lowest BCUT2D eigenvalue weighted by Crippen LogP contribution is -2.49. The molecule has 110 valence electrons. The van der Waals surface area contributed by atoms with Crippen LogP contribution in [0.4, 0.5) is 14.9 Å². The number of benzene rings is 1. The number of aryl methyl sites for hydroxylation is 1. The number of anilines is 1. The van der Waals surface area contributed by atoms with Crippen LogP contribution in [0.3, 0.4) is 0 Å². The van der Waals surface area contributed by atoms with Crippen LogP contribution in [-0.4, -0.2) is 24.3 Å². The Balaban J connectivity index is 2.35. The van der Waals surface area contributed by atoms with Crippen molar-refractivity contribution in [2.24, 2.45) is 5.73 Å². The fourth-order valence-corrected chi connectivity index (χ4v) is 2.42. The summed E-state index contributed by atoms with van der Waals surface area (Å²) < 4.78 is 18.7. The molecule has 1 aliphatic heterocycles. The first-order valence-electron chi connectivity index (χ1n) is 6.82. The van der Waals surface area contributed by atoms with E-state index in [4.69, 9.17) is 10.5 Å². The lowest BCUT2D eigenvalue weighted by atomic mass is 9.96. The molecule has 1 amide bonds. The van der Waals surface area contributed by atoms with Gasteiger partial charge in [0.25, 0.3) is 0 Å². The van der Waals surface area contributed by atoms with E-state index in [1.165, 1.54) is 12.1 Å². The van der Waals surface area contributed by atoms with Crippen molar-refractivity contribution < 1.29 is 13.9 Å². The minimum absolute atomic E-state index is 0.109. The summed E-state index contributed by atoms with van der Waals surface area (Å²) >= 11 is 0. The van der Waals surface area contributed by atoms with E-state index in [-0.39, 0.29) is 11.9 Å². The number of halogens is 1. The van der Waals surface area contributed by atoms with E-state index < -0.39 is 11.7 Å². The Labute approximate surface area is 118 Å². The molecule has 1 unspecified atom stereocenters. The van der Waals surface area contributed by atoms with Gasteiger partial charge >= 0.3 is 6.09 Å². The van der Waals surface area contributed by atoms with E-state index in [0.29, 0.717) is 25.1 Å². The standard InChI is InChI=1S/C15H21FN2O2/c1-15(2,3)20-14(19)18-12(9-17)6-4-10-8-11(16)5-7-13(10)18/h5,7-8,12H,4,6,9,17H2,1-3H3. The lowest BCUT2D eigenvalue weighted by Gasteiger charge is -2.37. The SMILES string of the molecule is CC(C)(C)OC(=O)N1c2ccc(F)cc2CCC1CN. The van der Waals surface area contributed by atoms with Gasteiger partial charge in [0, 0.05) is 6.54 Å². The molecule has 0 fully saturated rings. The minimum Gasteiger partial charge on any atom is -0.443 e. The molecule has 0 radical (unpaired) electrons. The highest BCUT2D eigenvalue weighted by Gasteiger charge is 2.33. The maximum absolute atomic E-state index is 13.3. The van der Waals surface area contributed by atoms with Gasteiger partial charge in [-0.25, -0.2) is 9.18 Å². The molecule has 4 nitrogen and oxygen atoms in total. The van der Waals surface area contributed by atoms with Gasteiger partial charge < -0.3 is 10.5 Å². The van der Waals surface area contributed by atoms with Crippen LogP contribution in [0.2, 0.25) is 0 Å². The largest absolute Gasteiger partial charge is 0.443 e. The Bertz CT molecular complexity index is 511. The van der Waals surface area contributed by atoms with Crippen LogP contribution in [0.15, 0.2) is 18.2 Å². The topological polar surface area (TPSA) is 55.6 Å². The average molecular weight is 280 g/mol. The molecular weight excluding hydrogens is 259 g/mol. The molecule has 0 bridgehead atoms. The van der Waals surface area contributed by atoms with Gasteiger partial charge in [0.1, 0.15) is 11.4 Å². The van der Waals surface area contributed by atoms with Crippen molar-refractivity contribution in [1.29, 1.82) is 0 Å². The molecule has 20 heavy (non-hydrogen) atoms. The molecule has 0 aliphatic carbocycles. The molecule has 2 N–H and O–H groups in total. The Kier molecular flexibility index (Phi) is 3.99. The second-order valence-electron chi connectivity index (χ2n) is 6.05. The van der Waals surface area contributed by atoms with Crippen molar-refractivity contribution in [2.45, 2.75) is 45.3 Å². The molecule has 1 atom stereocenters. The zero-order valence-corrected chi connectivity index (χ0v) is 12.1. The lowest BCUT2D eigenvalue weighted by molar-refractivity contribution is 0.0561. The molecular formula is C15H21FN2O2. The number of carbonyl (C=O) groups is 1. The first-order chi connectivity index (χ1) is 9.31. The second-order valence-corrected chi connectivity index (χ2v) is 6.05. The highest BCUT2D eigenvalue weighted by Crippen LogP contribution is 2.32. The predicted octanol–water partition coefficient (Wildman–Crippen LogP) is 2.84. The van der Waals surface area contributed by atoms with Gasteiger partial charge in [0.15, 0.2) is 0 Å². The third kappa shape index (κ3) is 3.10. The van der Waals surface area contributed by atoms with Crippen LogP contribution >= 0.6 is 0 Å². The number of nitrogens with zero attached hydrogens (tertiary/aromatic N) is 1. The zero-order valence-electron chi connectivity index (χ0n) is 12.1. The zero-order chi connectivity index (χ0) is 14.9. The van der Waals surface area contributed by atoms with Crippen molar-refractivity contribution in [1.82, 2.24) is 0 Å². The summed E-state index contributed by atoms with van der Waals surface area (Å²) in [5.41, 5.74) is 6.70. The molecule has 1 aromatic carbocycles. The van der Waals surface area contributed by atoms with E-state index >= 15 is 0 Å². The number of amides is 1.